The number of rotatable bonds is 7. The van der Waals surface area contributed by atoms with Crippen LogP contribution in [0.2, 0.25) is 0 Å². The summed E-state index contributed by atoms with van der Waals surface area (Å²) in [6, 6.07) is 9.82. The number of hydrogen-bond acceptors (Lipinski definition) is 4. The number of carbonyl (C=O) groups excluding carboxylic acids is 2. The molecule has 5 nitrogen and oxygen atoms in total. The fourth-order valence-electron chi connectivity index (χ4n) is 2.04. The SMILES string of the molecule is COC(=O)CC[N+](C)(CCC(=O)OC)c1ccccc1.[Br-]. The average Bonchev–Trinajstić information content (AvgIpc) is 2.51. The average molecular weight is 360 g/mol. The van der Waals surface area contributed by atoms with Gasteiger partial charge in [-0.2, -0.15) is 0 Å². The highest BCUT2D eigenvalue weighted by Gasteiger charge is 2.27. The fourth-order valence-corrected chi connectivity index (χ4v) is 2.04. The lowest BCUT2D eigenvalue weighted by Crippen LogP contribution is -3.00. The van der Waals surface area contributed by atoms with Crippen molar-refractivity contribution in [2.24, 2.45) is 0 Å². The minimum absolute atomic E-state index is 0. The number of ether oxygens (including phenoxy) is 2. The van der Waals surface area contributed by atoms with Crippen LogP contribution in [-0.2, 0) is 19.1 Å². The van der Waals surface area contributed by atoms with Crippen molar-refractivity contribution < 1.29 is 36.0 Å². The molecule has 0 aliphatic rings. The molecule has 0 aliphatic heterocycles. The summed E-state index contributed by atoms with van der Waals surface area (Å²) in [6.07, 6.45) is 0.617. The van der Waals surface area contributed by atoms with E-state index in [0.29, 0.717) is 30.4 Å². The van der Waals surface area contributed by atoms with Gasteiger partial charge >= 0.3 is 11.9 Å². The second kappa shape index (κ2) is 9.52. The van der Waals surface area contributed by atoms with Gasteiger partial charge in [-0.3, -0.25) is 14.1 Å². The fraction of sp³-hybridized carbons (Fsp3) is 0.467. The summed E-state index contributed by atoms with van der Waals surface area (Å²) in [7, 11) is 4.76. The van der Waals surface area contributed by atoms with E-state index in [1.807, 2.05) is 37.4 Å². The molecule has 0 aromatic heterocycles. The Morgan fingerprint density at radius 2 is 1.38 bits per heavy atom. The van der Waals surface area contributed by atoms with Gasteiger partial charge in [0.05, 0.1) is 47.2 Å². The Hall–Kier alpha value is -1.40. The summed E-state index contributed by atoms with van der Waals surface area (Å²) in [4.78, 5) is 22.7. The second-order valence-corrected chi connectivity index (χ2v) is 4.83. The van der Waals surface area contributed by atoms with Gasteiger partial charge in [-0.15, -0.1) is 0 Å². The Kier molecular flexibility index (Phi) is 8.89. The molecule has 6 heteroatoms. The molecule has 0 saturated carbocycles. The largest absolute Gasteiger partial charge is 1.00 e. The van der Waals surface area contributed by atoms with E-state index < -0.39 is 0 Å². The maximum absolute atomic E-state index is 11.4. The highest BCUT2D eigenvalue weighted by Crippen LogP contribution is 2.21. The van der Waals surface area contributed by atoms with Crippen LogP contribution < -0.4 is 21.5 Å². The zero-order valence-corrected chi connectivity index (χ0v) is 14.3. The molecule has 0 fully saturated rings. The van der Waals surface area contributed by atoms with Crippen molar-refractivity contribution >= 4 is 17.6 Å². The lowest BCUT2D eigenvalue weighted by Gasteiger charge is -2.33. The first-order valence-corrected chi connectivity index (χ1v) is 6.55. The van der Waals surface area contributed by atoms with Crippen LogP contribution in [-0.4, -0.2) is 46.3 Å². The third-order valence-corrected chi connectivity index (χ3v) is 3.45. The Morgan fingerprint density at radius 3 is 1.76 bits per heavy atom. The molecular weight excluding hydrogens is 338 g/mol. The van der Waals surface area contributed by atoms with Crippen molar-refractivity contribution in [1.82, 2.24) is 4.48 Å². The van der Waals surface area contributed by atoms with Crippen molar-refractivity contribution in [3.05, 3.63) is 30.3 Å². The van der Waals surface area contributed by atoms with E-state index in [9.17, 15) is 9.59 Å². The number of halogens is 1. The van der Waals surface area contributed by atoms with Crippen LogP contribution in [0, 0.1) is 0 Å². The molecule has 0 atom stereocenters. The zero-order valence-electron chi connectivity index (χ0n) is 12.7. The molecule has 0 N–H and O–H groups in total. The van der Waals surface area contributed by atoms with Crippen LogP contribution in [0.15, 0.2) is 30.3 Å². The number of para-hydroxylation sites is 1. The number of nitrogens with zero attached hydrogens (tertiary/aromatic N) is 1. The number of carbonyl (C=O) groups is 2. The van der Waals surface area contributed by atoms with Crippen molar-refractivity contribution in [3.8, 4) is 0 Å². The van der Waals surface area contributed by atoms with Gasteiger partial charge in [0.25, 0.3) is 0 Å². The molecule has 21 heavy (non-hydrogen) atoms. The van der Waals surface area contributed by atoms with Crippen LogP contribution in [0.4, 0.5) is 5.69 Å². The first kappa shape index (κ1) is 19.6. The van der Waals surface area contributed by atoms with E-state index >= 15 is 0 Å². The lowest BCUT2D eigenvalue weighted by molar-refractivity contribution is -0.140. The van der Waals surface area contributed by atoms with Gasteiger partial charge in [-0.05, 0) is 12.1 Å². The second-order valence-electron chi connectivity index (χ2n) is 4.83. The van der Waals surface area contributed by atoms with E-state index in [-0.39, 0.29) is 28.9 Å². The topological polar surface area (TPSA) is 52.6 Å². The van der Waals surface area contributed by atoms with Crippen molar-refractivity contribution in [3.63, 3.8) is 0 Å². The lowest BCUT2D eigenvalue weighted by atomic mass is 10.2. The molecule has 0 bridgehead atoms. The molecular formula is C15H22BrNO4. The predicted molar refractivity (Wildman–Crippen MR) is 77.2 cm³/mol. The summed E-state index contributed by atoms with van der Waals surface area (Å²) in [5.74, 6) is -0.494. The minimum Gasteiger partial charge on any atom is -1.00 e. The Morgan fingerprint density at radius 1 is 0.952 bits per heavy atom. The van der Waals surface area contributed by atoms with E-state index in [2.05, 4.69) is 9.47 Å². The van der Waals surface area contributed by atoms with E-state index in [0.717, 1.165) is 5.69 Å². The van der Waals surface area contributed by atoms with Gasteiger partial charge < -0.3 is 26.5 Å². The zero-order chi connectivity index (χ0) is 15.0. The van der Waals surface area contributed by atoms with Crippen LogP contribution >= 0.6 is 0 Å². The van der Waals surface area contributed by atoms with Gasteiger partial charge in [-0.1, -0.05) is 18.2 Å². The van der Waals surface area contributed by atoms with Crippen LogP contribution in [0.25, 0.3) is 0 Å². The summed E-state index contributed by atoms with van der Waals surface area (Å²) in [5, 5.41) is 0. The summed E-state index contributed by atoms with van der Waals surface area (Å²) in [6.45, 7) is 1.15. The third kappa shape index (κ3) is 6.27. The first-order chi connectivity index (χ1) is 9.51. The molecule has 118 valence electrons. The van der Waals surface area contributed by atoms with Gasteiger partial charge in [0, 0.05) is 0 Å². The van der Waals surface area contributed by atoms with Crippen molar-refractivity contribution in [2.45, 2.75) is 12.8 Å². The molecule has 0 aliphatic carbocycles. The highest BCUT2D eigenvalue weighted by molar-refractivity contribution is 5.70. The summed E-state index contributed by atoms with van der Waals surface area (Å²) >= 11 is 0. The predicted octanol–water partition coefficient (Wildman–Crippen LogP) is -1.25. The Balaban J connectivity index is 0.00000400. The van der Waals surface area contributed by atoms with Crippen molar-refractivity contribution in [1.29, 1.82) is 0 Å². The standard InChI is InChI=1S/C15H22NO4.BrH/c1-16(11-9-14(17)19-2,12-10-15(18)20-3)13-7-5-4-6-8-13;/h4-8H,9-12H2,1-3H3;1H/q+1;/p-1. The molecule has 0 heterocycles. The Bertz CT molecular complexity index is 430. The Labute approximate surface area is 136 Å². The van der Waals surface area contributed by atoms with Crippen LogP contribution in [0.1, 0.15) is 12.8 Å². The number of esters is 2. The third-order valence-electron chi connectivity index (χ3n) is 3.45. The number of hydrogen-bond donors (Lipinski definition) is 0. The monoisotopic (exact) mass is 359 g/mol. The summed E-state index contributed by atoms with van der Waals surface area (Å²) < 4.78 is 9.87. The number of quaternary nitrogens is 1. The van der Waals surface area contributed by atoms with Gasteiger partial charge in [0.2, 0.25) is 0 Å². The van der Waals surface area contributed by atoms with Gasteiger partial charge in [0.15, 0.2) is 0 Å². The quantitative estimate of drug-likeness (QED) is 0.451. The number of benzene rings is 1. The smallest absolute Gasteiger partial charge is 0.311 e. The van der Waals surface area contributed by atoms with E-state index in [4.69, 9.17) is 0 Å². The molecule has 0 spiro atoms. The molecule has 0 radical (unpaired) electrons. The van der Waals surface area contributed by atoms with Gasteiger partial charge in [-0.25, -0.2) is 0 Å². The maximum Gasteiger partial charge on any atom is 0.311 e. The molecule has 0 amide bonds. The highest BCUT2D eigenvalue weighted by atomic mass is 79.9. The molecule has 1 rings (SSSR count). The van der Waals surface area contributed by atoms with Gasteiger partial charge in [0.1, 0.15) is 5.69 Å². The first-order valence-electron chi connectivity index (χ1n) is 6.55. The molecule has 0 unspecified atom stereocenters. The van der Waals surface area contributed by atoms with Crippen LogP contribution in [0.5, 0.6) is 0 Å². The normalized spacial score (nSPS) is 10.4. The number of methoxy groups -OCH3 is 2. The minimum atomic E-state index is -0.247. The molecule has 1 aromatic carbocycles. The van der Waals surface area contributed by atoms with Crippen LogP contribution in [0.3, 0.4) is 0 Å². The van der Waals surface area contributed by atoms with E-state index in [1.165, 1.54) is 14.2 Å². The molecule has 1 aromatic rings. The van der Waals surface area contributed by atoms with E-state index in [1.54, 1.807) is 0 Å². The maximum atomic E-state index is 11.4. The summed E-state index contributed by atoms with van der Waals surface area (Å²) in [5.41, 5.74) is 1.06. The molecule has 0 saturated heterocycles. The van der Waals surface area contributed by atoms with Crippen molar-refractivity contribution in [2.75, 3.05) is 34.4 Å².